The highest BCUT2D eigenvalue weighted by molar-refractivity contribution is 8.01. The molecule has 2 aliphatic carbocycles. The molecule has 0 spiro atoms. The number of fused-ring (bicyclic) bond motifs is 4. The molecule has 8 N–H and O–H groups in total. The molecule has 4 aliphatic heterocycles. The van der Waals surface area contributed by atoms with Gasteiger partial charge in [-0.1, -0.05) is 82.9 Å². The number of nitrogens with one attached hydrogen (secondary N) is 4. The fraction of sp³-hybridized carbons (Fsp3) is 0.423. The van der Waals surface area contributed by atoms with Gasteiger partial charge in [-0.3, -0.25) is 40.0 Å². The van der Waals surface area contributed by atoms with Gasteiger partial charge in [0.05, 0.1) is 79.7 Å². The van der Waals surface area contributed by atoms with Crippen molar-refractivity contribution in [3.05, 3.63) is 187 Å². The summed E-state index contributed by atoms with van der Waals surface area (Å²) in [6.07, 6.45) is 6.60. The fourth-order valence-corrected chi connectivity index (χ4v) is 31.0. The molecule has 12 aromatic rings. The minimum Gasteiger partial charge on any atom is -0.494 e. The molecule has 8 heterocycles. The number of methoxy groups -OCH3 is 1. The summed E-state index contributed by atoms with van der Waals surface area (Å²) in [5.74, 6) is 2.22. The van der Waals surface area contributed by atoms with E-state index in [4.69, 9.17) is 58.8 Å². The molecule has 772 valence electrons. The van der Waals surface area contributed by atoms with E-state index >= 15 is 0 Å². The molecule has 4 saturated heterocycles. The number of rotatable bonds is 41. The molecule has 0 unspecified atom stereocenters. The minimum absolute atomic E-state index is 0.00868. The van der Waals surface area contributed by atoms with E-state index in [0.717, 1.165) is 107 Å². The summed E-state index contributed by atoms with van der Waals surface area (Å²) in [4.78, 5) is 74.9. The number of piperidine rings is 3. The number of thioether (sulfide) groups is 4. The van der Waals surface area contributed by atoms with Gasteiger partial charge in [-0.25, -0.2) is 75.5 Å². The van der Waals surface area contributed by atoms with Crippen LogP contribution in [0.4, 0.5) is 0 Å². The molecule has 6 fully saturated rings. The first-order valence-corrected chi connectivity index (χ1v) is 58.7. The highest BCUT2D eigenvalue weighted by Crippen LogP contribution is 2.45. The van der Waals surface area contributed by atoms with E-state index in [1.807, 2.05) is 96.8 Å². The first-order chi connectivity index (χ1) is 69.5. The topological polar surface area (TPSA) is 486 Å². The molecule has 47 heteroatoms. The zero-order valence-corrected chi connectivity index (χ0v) is 87.7. The maximum Gasteiger partial charge on any atom is 0.265 e. The number of benzene rings is 8. The highest BCUT2D eigenvalue weighted by Gasteiger charge is 2.58. The molecular formula is C97H112ClN11O25S10. The number of thiazole rings is 2. The Balaban J connectivity index is 0.000000144. The number of hydrogen-bond donors (Lipinski definition) is 8. The summed E-state index contributed by atoms with van der Waals surface area (Å²) in [7, 11) is -14.6. The SMILES string of the molecule is CCOc1ccc2nc(SCCOc3ccc(S(=O)(=O)C4(C(=O)NO)CCOCC4)cc3)sc2c1.COCCN1CCC(C(=O)NO)(S(=O)(=O)c2ccc(OCCCSc3nc4ccccc4o3)cc2)CC1.O=C(NO)C1(S(=O)(=O)c2ccc(OCCCSc3nc4ccccc4o3)cc2)CCN(C2CC2)CC1.O=C(NO)C1(S(=O)(=O)c2ccc(OCCSc3nc4ccc(Cl)cc4s3)cc2)CCN(C2CC2)CC1. The predicted molar refractivity (Wildman–Crippen MR) is 548 cm³/mol. The van der Waals surface area contributed by atoms with Crippen LogP contribution in [0, 0.1) is 0 Å². The van der Waals surface area contributed by atoms with Crippen LogP contribution >= 0.6 is 81.3 Å². The van der Waals surface area contributed by atoms with Crippen molar-refractivity contribution >= 4 is 187 Å². The third-order valence-electron chi connectivity index (χ3n) is 25.8. The van der Waals surface area contributed by atoms with E-state index in [1.165, 1.54) is 77.5 Å². The number of amides is 4. The number of carbonyl (C=O) groups is 4. The number of ether oxygens (including phenoxy) is 7. The van der Waals surface area contributed by atoms with Crippen LogP contribution in [0.1, 0.15) is 96.8 Å². The van der Waals surface area contributed by atoms with Gasteiger partial charge >= 0.3 is 0 Å². The van der Waals surface area contributed by atoms with E-state index < -0.39 is 82.0 Å². The Kier molecular flexibility index (Phi) is 37.4. The lowest BCUT2D eigenvalue weighted by atomic mass is 9.94. The second kappa shape index (κ2) is 49.5. The molecule has 18 rings (SSSR count). The molecule has 4 amide bonds. The van der Waals surface area contributed by atoms with Crippen molar-refractivity contribution in [3.8, 4) is 28.7 Å². The van der Waals surface area contributed by atoms with Gasteiger partial charge in [0.15, 0.2) is 78.2 Å². The van der Waals surface area contributed by atoms with Gasteiger partial charge < -0.3 is 56.7 Å². The van der Waals surface area contributed by atoms with Crippen LogP contribution in [0.5, 0.6) is 28.7 Å². The van der Waals surface area contributed by atoms with Crippen LogP contribution in [0.3, 0.4) is 0 Å². The summed E-state index contributed by atoms with van der Waals surface area (Å²) in [6, 6.07) is 52.0. The average Bonchev–Trinajstić information content (AvgIpc) is 1.15. The van der Waals surface area contributed by atoms with Crippen molar-refractivity contribution in [2.45, 2.75) is 167 Å². The molecule has 6 aliphatic rings. The highest BCUT2D eigenvalue weighted by atomic mass is 35.5. The number of hydroxylamine groups is 4. The monoisotopic (exact) mass is 2190 g/mol. The maximum absolute atomic E-state index is 13.6. The Morgan fingerprint density at radius 3 is 1.12 bits per heavy atom. The lowest BCUT2D eigenvalue weighted by molar-refractivity contribution is -0.134. The lowest BCUT2D eigenvalue weighted by Crippen LogP contribution is -2.58. The second-order valence-corrected chi connectivity index (χ2v) is 51.0. The van der Waals surface area contributed by atoms with Gasteiger partial charge in [0.1, 0.15) is 39.8 Å². The average molecular weight is 2190 g/mol. The van der Waals surface area contributed by atoms with Crippen LogP contribution in [-0.4, -0.2) is 273 Å². The molecular weight excluding hydrogens is 2080 g/mol. The standard InChI is InChI=1S/C25H31N3O7S2.C25H29N3O6S2.C24H26ClN3O5S3.C23H26N2O7S3/c1-33-17-15-28-13-11-25(12-14-28,23(29)27-30)37(31,32)20-9-7-19(8-10-20)34-16-4-18-36-24-26-21-5-2-3-6-22(21)35-24;29-23(27-30)25(12-14-28(15-13-25)18-6-7-18)36(31,32)20-10-8-19(9-11-20)33-16-3-17-35-24-26-21-4-1-2-5-22(21)34-24;25-16-1-8-20-21(15-16)35-23(26-20)34-14-13-33-18-4-6-19(7-5-18)36(31,32)24(22(29)27-30)9-11-28(12-10-24)17-2-3-17;1-2-31-17-5-8-19-20(15-17)34-22(24-19)33-14-13-32-16-3-6-18(7-4-16)35(28,29)23(21(26)25-27)9-11-30-12-10-23/h2-3,5-10,30H,4,11-18H2,1H3,(H,27,29);1-2,4-5,8-11,18,30H,3,6-7,12-17H2,(H,27,29);1,4-8,15,17,30H,2-3,9-14H2,(H,27,29);3-8,15,27H,2,9-14H2,1H3,(H,25,26). The number of hydrogen-bond acceptors (Lipinski definition) is 38. The first-order valence-electron chi connectivity index (χ1n) is 46.8. The van der Waals surface area contributed by atoms with Gasteiger partial charge in [0.2, 0.25) is 0 Å². The van der Waals surface area contributed by atoms with Gasteiger partial charge in [0, 0.05) is 106 Å². The van der Waals surface area contributed by atoms with Gasteiger partial charge in [-0.15, -0.1) is 22.7 Å². The van der Waals surface area contributed by atoms with Crippen molar-refractivity contribution in [2.75, 3.05) is 129 Å². The van der Waals surface area contributed by atoms with Crippen LogP contribution in [0.25, 0.3) is 42.6 Å². The maximum atomic E-state index is 13.6. The lowest BCUT2D eigenvalue weighted by Gasteiger charge is -2.39. The number of sulfone groups is 4. The normalized spacial score (nSPS) is 17.0. The van der Waals surface area contributed by atoms with Gasteiger partial charge in [-0.05, 0) is 255 Å². The molecule has 2 saturated carbocycles. The van der Waals surface area contributed by atoms with Crippen LogP contribution < -0.4 is 45.6 Å². The Morgan fingerprint density at radius 1 is 0.410 bits per heavy atom. The number of nitrogens with zero attached hydrogens (tertiary/aromatic N) is 7. The Hall–Kier alpha value is -9.51. The smallest absolute Gasteiger partial charge is 0.265 e. The molecule has 36 nitrogen and oxygen atoms in total. The first kappa shape index (κ1) is 109. The van der Waals surface area contributed by atoms with E-state index in [2.05, 4.69) is 29.7 Å². The van der Waals surface area contributed by atoms with Crippen LogP contribution in [0.2, 0.25) is 5.02 Å². The van der Waals surface area contributed by atoms with Crippen molar-refractivity contribution in [2.24, 2.45) is 0 Å². The van der Waals surface area contributed by atoms with Crippen molar-refractivity contribution in [1.29, 1.82) is 0 Å². The number of para-hydroxylation sites is 4. The second-order valence-electron chi connectivity index (χ2n) is 34.6. The zero-order chi connectivity index (χ0) is 102. The summed E-state index contributed by atoms with van der Waals surface area (Å²) >= 11 is 15.4. The summed E-state index contributed by atoms with van der Waals surface area (Å²) in [5, 5.41) is 39.1. The van der Waals surface area contributed by atoms with E-state index in [-0.39, 0.29) is 84.2 Å². The quantitative estimate of drug-likeness (QED) is 0.00763. The number of carbonyl (C=O) groups excluding carboxylic acids is 4. The van der Waals surface area contributed by atoms with Gasteiger partial charge in [-0.2, -0.15) is 0 Å². The van der Waals surface area contributed by atoms with Crippen molar-refractivity contribution in [3.63, 3.8) is 0 Å². The fourth-order valence-electron chi connectivity index (χ4n) is 17.4. The number of likely N-dealkylation sites (tertiary alicyclic amines) is 3. The van der Waals surface area contributed by atoms with Crippen LogP contribution in [0.15, 0.2) is 230 Å². The third kappa shape index (κ3) is 25.5. The minimum atomic E-state index is -4.07. The van der Waals surface area contributed by atoms with Crippen molar-refractivity contribution in [1.82, 2.24) is 56.6 Å². The number of aromatic nitrogens is 4. The summed E-state index contributed by atoms with van der Waals surface area (Å²) in [5.41, 5.74) is 11.3. The number of oxazole rings is 2. The van der Waals surface area contributed by atoms with Gasteiger partial charge in [0.25, 0.3) is 34.1 Å². The summed E-state index contributed by atoms with van der Waals surface area (Å²) in [6.45, 7) is 8.53. The molecule has 0 bridgehead atoms. The third-order valence-corrected chi connectivity index (χ3v) is 42.2. The van der Waals surface area contributed by atoms with E-state index in [1.54, 1.807) is 118 Å². The molecule has 8 aromatic carbocycles. The molecule has 0 atom stereocenters. The van der Waals surface area contributed by atoms with Crippen LogP contribution in [-0.2, 0) is 68.0 Å². The Bertz CT molecular complexity index is 6790. The largest absolute Gasteiger partial charge is 0.494 e. The molecule has 0 radical (unpaired) electrons. The van der Waals surface area contributed by atoms with E-state index in [9.17, 15) is 68.5 Å². The molecule has 4 aromatic heterocycles. The van der Waals surface area contributed by atoms with Crippen molar-refractivity contribution < 1.29 is 116 Å². The predicted octanol–water partition coefficient (Wildman–Crippen LogP) is 14.9. The zero-order valence-electron chi connectivity index (χ0n) is 78.8. The Labute approximate surface area is 863 Å². The number of halogens is 1. The summed E-state index contributed by atoms with van der Waals surface area (Å²) < 4.78 is 155. The van der Waals surface area contributed by atoms with E-state index in [0.29, 0.717) is 148 Å². The Morgan fingerprint density at radius 2 is 0.757 bits per heavy atom. The molecule has 144 heavy (non-hydrogen) atoms.